The Morgan fingerprint density at radius 1 is 1.20 bits per heavy atom. The van der Waals surface area contributed by atoms with Gasteiger partial charge in [0.25, 0.3) is 0 Å². The van der Waals surface area contributed by atoms with Gasteiger partial charge in [-0.25, -0.2) is 4.39 Å². The van der Waals surface area contributed by atoms with Gasteiger partial charge in [0, 0.05) is 16.0 Å². The van der Waals surface area contributed by atoms with Gasteiger partial charge in [-0.05, 0) is 46.3 Å². The zero-order valence-corrected chi connectivity index (χ0v) is 12.6. The lowest BCUT2D eigenvalue weighted by atomic mass is 10.0. The number of rotatable bonds is 2. The van der Waals surface area contributed by atoms with Crippen LogP contribution in [0.4, 0.5) is 4.39 Å². The van der Waals surface area contributed by atoms with Crippen molar-refractivity contribution in [2.24, 2.45) is 5.73 Å². The fourth-order valence-electron chi connectivity index (χ4n) is 2.10. The Morgan fingerprint density at radius 3 is 2.80 bits per heavy atom. The molecule has 20 heavy (non-hydrogen) atoms. The molecular weight excluding hydrogens is 345 g/mol. The minimum absolute atomic E-state index is 0.376. The quantitative estimate of drug-likeness (QED) is 0.700. The van der Waals surface area contributed by atoms with Crippen LogP contribution >= 0.6 is 27.5 Å². The largest absolute Gasteiger partial charge is 0.459 e. The van der Waals surface area contributed by atoms with Gasteiger partial charge < -0.3 is 10.2 Å². The second kappa shape index (κ2) is 5.20. The van der Waals surface area contributed by atoms with Gasteiger partial charge >= 0.3 is 0 Å². The zero-order valence-electron chi connectivity index (χ0n) is 10.2. The summed E-state index contributed by atoms with van der Waals surface area (Å²) in [4.78, 5) is 0. The Morgan fingerprint density at radius 2 is 2.00 bits per heavy atom. The minimum atomic E-state index is -0.668. The van der Waals surface area contributed by atoms with Crippen molar-refractivity contribution in [3.05, 3.63) is 69.1 Å². The van der Waals surface area contributed by atoms with Gasteiger partial charge in [-0.3, -0.25) is 0 Å². The van der Waals surface area contributed by atoms with Crippen molar-refractivity contribution < 1.29 is 8.81 Å². The van der Waals surface area contributed by atoms with Crippen LogP contribution < -0.4 is 5.73 Å². The van der Waals surface area contributed by atoms with E-state index in [1.165, 1.54) is 0 Å². The fraction of sp³-hybridized carbons (Fsp3) is 0.0667. The third kappa shape index (κ3) is 2.35. The monoisotopic (exact) mass is 353 g/mol. The lowest BCUT2D eigenvalue weighted by Crippen LogP contribution is -2.12. The van der Waals surface area contributed by atoms with E-state index in [9.17, 15) is 4.39 Å². The van der Waals surface area contributed by atoms with Gasteiger partial charge in [-0.1, -0.05) is 23.7 Å². The molecule has 0 radical (unpaired) electrons. The fourth-order valence-corrected chi connectivity index (χ4v) is 2.66. The summed E-state index contributed by atoms with van der Waals surface area (Å²) < 4.78 is 20.1. The number of nitrogens with two attached hydrogens (primary N) is 1. The minimum Gasteiger partial charge on any atom is -0.459 e. The van der Waals surface area contributed by atoms with Crippen LogP contribution in [0.5, 0.6) is 0 Å². The molecule has 0 spiro atoms. The van der Waals surface area contributed by atoms with Crippen molar-refractivity contribution in [2.45, 2.75) is 6.04 Å². The number of benzene rings is 2. The number of halogens is 3. The highest BCUT2D eigenvalue weighted by Gasteiger charge is 2.19. The summed E-state index contributed by atoms with van der Waals surface area (Å²) in [6.45, 7) is 0. The Bertz CT molecular complexity index is 787. The molecule has 0 saturated heterocycles. The molecule has 2 nitrogen and oxygen atoms in total. The Labute approximate surface area is 128 Å². The number of hydrogen-bond acceptors (Lipinski definition) is 2. The topological polar surface area (TPSA) is 39.2 Å². The van der Waals surface area contributed by atoms with Gasteiger partial charge in [-0.2, -0.15) is 0 Å². The Hall–Kier alpha value is -1.36. The first-order chi connectivity index (χ1) is 9.56. The molecule has 0 aliphatic rings. The predicted molar refractivity (Wildman–Crippen MR) is 81.4 cm³/mol. The highest BCUT2D eigenvalue weighted by atomic mass is 79.9. The zero-order chi connectivity index (χ0) is 14.3. The van der Waals surface area contributed by atoms with Crippen molar-refractivity contribution in [1.82, 2.24) is 0 Å². The first-order valence-electron chi connectivity index (χ1n) is 5.95. The normalized spacial score (nSPS) is 12.8. The SMILES string of the molecule is NC(c1cc2cc(Cl)ccc2o1)c1cccc(Br)c1F. The van der Waals surface area contributed by atoms with Crippen molar-refractivity contribution in [1.29, 1.82) is 0 Å². The molecule has 102 valence electrons. The molecule has 1 aromatic heterocycles. The molecular formula is C15H10BrClFNO. The third-order valence-electron chi connectivity index (χ3n) is 3.12. The van der Waals surface area contributed by atoms with Crippen molar-refractivity contribution in [3.8, 4) is 0 Å². The van der Waals surface area contributed by atoms with Crippen molar-refractivity contribution >= 4 is 38.5 Å². The van der Waals surface area contributed by atoms with Crippen molar-refractivity contribution in [2.75, 3.05) is 0 Å². The Kier molecular flexibility index (Phi) is 3.54. The summed E-state index contributed by atoms with van der Waals surface area (Å²) in [5, 5.41) is 1.46. The smallest absolute Gasteiger partial charge is 0.142 e. The number of fused-ring (bicyclic) bond motifs is 1. The molecule has 1 atom stereocenters. The molecule has 2 aromatic carbocycles. The molecule has 5 heteroatoms. The van der Waals surface area contributed by atoms with Gasteiger partial charge in [-0.15, -0.1) is 0 Å². The van der Waals surface area contributed by atoms with E-state index in [0.29, 0.717) is 26.4 Å². The molecule has 0 aliphatic heterocycles. The van der Waals surface area contributed by atoms with Crippen molar-refractivity contribution in [3.63, 3.8) is 0 Å². The molecule has 1 unspecified atom stereocenters. The van der Waals surface area contributed by atoms with Gasteiger partial charge in [0.15, 0.2) is 0 Å². The standard InChI is InChI=1S/C15H10BrClFNO/c16-11-3-1-2-10(14(11)18)15(19)13-7-8-6-9(17)4-5-12(8)20-13/h1-7,15H,19H2. The maximum atomic E-state index is 14.1. The van der Waals surface area contributed by atoms with Crippen LogP contribution in [0.1, 0.15) is 17.4 Å². The molecule has 0 amide bonds. The van der Waals surface area contributed by atoms with Gasteiger partial charge in [0.2, 0.25) is 0 Å². The van der Waals surface area contributed by atoms with Crippen LogP contribution in [0.2, 0.25) is 5.02 Å². The molecule has 2 N–H and O–H groups in total. The van der Waals surface area contributed by atoms with Crippen LogP contribution in [0.3, 0.4) is 0 Å². The number of hydrogen-bond donors (Lipinski definition) is 1. The average molecular weight is 355 g/mol. The summed E-state index contributed by atoms with van der Waals surface area (Å²) in [5.41, 5.74) is 7.16. The molecule has 0 bridgehead atoms. The van der Waals surface area contributed by atoms with E-state index in [2.05, 4.69) is 15.9 Å². The molecule has 1 heterocycles. The van der Waals surface area contributed by atoms with E-state index in [1.54, 1.807) is 42.5 Å². The first kappa shape index (κ1) is 13.6. The van der Waals surface area contributed by atoms with E-state index >= 15 is 0 Å². The lowest BCUT2D eigenvalue weighted by Gasteiger charge is -2.10. The molecule has 0 fully saturated rings. The summed E-state index contributed by atoms with van der Waals surface area (Å²) >= 11 is 9.08. The molecule has 0 aliphatic carbocycles. The van der Waals surface area contributed by atoms with Crippen LogP contribution in [0.15, 0.2) is 51.4 Å². The second-order valence-corrected chi connectivity index (χ2v) is 5.74. The first-order valence-corrected chi connectivity index (χ1v) is 7.12. The highest BCUT2D eigenvalue weighted by Crippen LogP contribution is 2.31. The summed E-state index contributed by atoms with van der Waals surface area (Å²) in [7, 11) is 0. The maximum Gasteiger partial charge on any atom is 0.142 e. The summed E-state index contributed by atoms with van der Waals surface area (Å²) in [6.07, 6.45) is 0. The Balaban J connectivity index is 2.08. The molecule has 3 aromatic rings. The van der Waals surface area contributed by atoms with E-state index in [0.717, 1.165) is 5.39 Å². The van der Waals surface area contributed by atoms with Crippen LogP contribution in [-0.2, 0) is 0 Å². The maximum absolute atomic E-state index is 14.1. The van der Waals surface area contributed by atoms with Crippen LogP contribution in [-0.4, -0.2) is 0 Å². The number of furan rings is 1. The van der Waals surface area contributed by atoms with Crippen LogP contribution in [0, 0.1) is 5.82 Å². The van der Waals surface area contributed by atoms with E-state index in [1.807, 2.05) is 0 Å². The predicted octanol–water partition coefficient (Wildman–Crippen LogP) is 5.04. The van der Waals surface area contributed by atoms with E-state index in [-0.39, 0.29) is 5.82 Å². The third-order valence-corrected chi connectivity index (χ3v) is 3.97. The second-order valence-electron chi connectivity index (χ2n) is 4.45. The van der Waals surface area contributed by atoms with Gasteiger partial charge in [0.1, 0.15) is 17.2 Å². The summed E-state index contributed by atoms with van der Waals surface area (Å²) in [5.74, 6) is 0.123. The van der Waals surface area contributed by atoms with E-state index in [4.69, 9.17) is 21.8 Å². The lowest BCUT2D eigenvalue weighted by molar-refractivity contribution is 0.509. The van der Waals surface area contributed by atoms with E-state index < -0.39 is 6.04 Å². The summed E-state index contributed by atoms with van der Waals surface area (Å²) in [6, 6.07) is 11.4. The molecule has 3 rings (SSSR count). The highest BCUT2D eigenvalue weighted by molar-refractivity contribution is 9.10. The average Bonchev–Trinajstić information content (AvgIpc) is 2.84. The van der Waals surface area contributed by atoms with Gasteiger partial charge in [0.05, 0.1) is 10.5 Å². The molecule has 0 saturated carbocycles. The van der Waals surface area contributed by atoms with Crippen LogP contribution in [0.25, 0.3) is 11.0 Å².